The molecule has 0 spiro atoms. The molecule has 18 heavy (non-hydrogen) atoms. The Balaban J connectivity index is 2.18. The quantitative estimate of drug-likeness (QED) is 0.762. The molecule has 1 unspecified atom stereocenters. The first-order valence-corrected chi connectivity index (χ1v) is 6.30. The Kier molecular flexibility index (Phi) is 4.88. The lowest BCUT2D eigenvalue weighted by Crippen LogP contribution is -2.25. The number of hydrogen-bond donors (Lipinski definition) is 2. The predicted octanol–water partition coefficient (Wildman–Crippen LogP) is 2.11. The first-order valence-electron chi connectivity index (χ1n) is 6.30. The second-order valence-corrected chi connectivity index (χ2v) is 4.22. The largest absolute Gasteiger partial charge is 0.330 e. The smallest absolute Gasteiger partial charge is 0.0577 e. The van der Waals surface area contributed by atoms with Crippen molar-refractivity contribution in [2.75, 3.05) is 13.1 Å². The van der Waals surface area contributed by atoms with Crippen molar-refractivity contribution in [3.8, 4) is 0 Å². The van der Waals surface area contributed by atoms with Crippen molar-refractivity contribution < 1.29 is 0 Å². The van der Waals surface area contributed by atoms with E-state index in [1.165, 1.54) is 11.1 Å². The van der Waals surface area contributed by atoms with Gasteiger partial charge in [0.2, 0.25) is 0 Å². The van der Waals surface area contributed by atoms with Crippen LogP contribution in [0.1, 0.15) is 23.6 Å². The molecule has 0 radical (unpaired) electrons. The van der Waals surface area contributed by atoms with Crippen molar-refractivity contribution in [2.24, 2.45) is 5.73 Å². The van der Waals surface area contributed by atoms with Gasteiger partial charge in [0, 0.05) is 12.4 Å². The van der Waals surface area contributed by atoms with E-state index in [0.717, 1.165) is 13.0 Å². The van der Waals surface area contributed by atoms with Crippen molar-refractivity contribution in [1.29, 1.82) is 0 Å². The van der Waals surface area contributed by atoms with Gasteiger partial charge in [-0.3, -0.25) is 4.98 Å². The number of aromatic nitrogens is 1. The Morgan fingerprint density at radius 1 is 1.00 bits per heavy atom. The molecule has 3 nitrogen and oxygen atoms in total. The molecule has 94 valence electrons. The summed E-state index contributed by atoms with van der Waals surface area (Å²) < 4.78 is 0. The van der Waals surface area contributed by atoms with Gasteiger partial charge >= 0.3 is 0 Å². The van der Waals surface area contributed by atoms with Crippen LogP contribution >= 0.6 is 0 Å². The molecule has 1 aromatic heterocycles. The van der Waals surface area contributed by atoms with E-state index in [9.17, 15) is 0 Å². The summed E-state index contributed by atoms with van der Waals surface area (Å²) in [7, 11) is 0. The van der Waals surface area contributed by atoms with E-state index in [1.54, 1.807) is 0 Å². The molecule has 0 aliphatic heterocycles. The van der Waals surface area contributed by atoms with Gasteiger partial charge in [-0.05, 0) is 42.8 Å². The average Bonchev–Trinajstić information content (AvgIpc) is 2.46. The molecule has 2 rings (SSSR count). The SMILES string of the molecule is NCCCNC(c1ccccc1)c1ccncc1. The van der Waals surface area contributed by atoms with Crippen LogP contribution in [0.4, 0.5) is 0 Å². The zero-order chi connectivity index (χ0) is 12.6. The van der Waals surface area contributed by atoms with Gasteiger partial charge in [-0.1, -0.05) is 30.3 Å². The van der Waals surface area contributed by atoms with Crippen LogP contribution in [0.2, 0.25) is 0 Å². The maximum Gasteiger partial charge on any atom is 0.0577 e. The van der Waals surface area contributed by atoms with E-state index in [-0.39, 0.29) is 6.04 Å². The summed E-state index contributed by atoms with van der Waals surface area (Å²) in [6.45, 7) is 1.63. The fourth-order valence-electron chi connectivity index (χ4n) is 1.98. The first kappa shape index (κ1) is 12.7. The summed E-state index contributed by atoms with van der Waals surface area (Å²) in [5.74, 6) is 0. The van der Waals surface area contributed by atoms with E-state index >= 15 is 0 Å². The molecular weight excluding hydrogens is 222 g/mol. The van der Waals surface area contributed by atoms with Gasteiger partial charge in [-0.15, -0.1) is 0 Å². The van der Waals surface area contributed by atoms with Crippen molar-refractivity contribution in [3.05, 3.63) is 66.0 Å². The normalized spacial score (nSPS) is 12.3. The Hall–Kier alpha value is -1.71. The van der Waals surface area contributed by atoms with E-state index in [0.29, 0.717) is 6.54 Å². The lowest BCUT2D eigenvalue weighted by molar-refractivity contribution is 0.587. The molecule has 0 fully saturated rings. The van der Waals surface area contributed by atoms with Crippen LogP contribution in [0.3, 0.4) is 0 Å². The third-order valence-electron chi connectivity index (χ3n) is 2.90. The van der Waals surface area contributed by atoms with Gasteiger partial charge in [0.25, 0.3) is 0 Å². The molecule has 0 bridgehead atoms. The maximum atomic E-state index is 5.54. The number of hydrogen-bond acceptors (Lipinski definition) is 3. The summed E-state index contributed by atoms with van der Waals surface area (Å²) in [6, 6.07) is 14.7. The maximum absolute atomic E-state index is 5.54. The molecule has 1 aromatic carbocycles. The lowest BCUT2D eigenvalue weighted by atomic mass is 9.99. The Labute approximate surface area is 108 Å². The molecule has 2 aromatic rings. The summed E-state index contributed by atoms with van der Waals surface area (Å²) in [4.78, 5) is 4.07. The Morgan fingerprint density at radius 3 is 2.33 bits per heavy atom. The van der Waals surface area contributed by atoms with Gasteiger partial charge in [-0.25, -0.2) is 0 Å². The van der Waals surface area contributed by atoms with Crippen LogP contribution in [-0.2, 0) is 0 Å². The molecule has 3 heteroatoms. The molecular formula is C15H19N3. The summed E-state index contributed by atoms with van der Waals surface area (Å²) >= 11 is 0. The Bertz CT molecular complexity index is 402. The molecule has 0 aliphatic carbocycles. The minimum Gasteiger partial charge on any atom is -0.330 e. The van der Waals surface area contributed by atoms with E-state index < -0.39 is 0 Å². The standard InChI is InChI=1S/C15H19N3/c16-9-4-10-18-15(13-5-2-1-3-6-13)14-7-11-17-12-8-14/h1-3,5-8,11-12,15,18H,4,9-10,16H2. The number of rotatable bonds is 6. The van der Waals surface area contributed by atoms with Gasteiger partial charge in [0.05, 0.1) is 6.04 Å². The van der Waals surface area contributed by atoms with E-state index in [4.69, 9.17) is 5.73 Å². The minimum atomic E-state index is 0.209. The van der Waals surface area contributed by atoms with Gasteiger partial charge in [0.15, 0.2) is 0 Å². The van der Waals surface area contributed by atoms with Crippen molar-refractivity contribution >= 4 is 0 Å². The molecule has 0 aliphatic rings. The van der Waals surface area contributed by atoms with Crippen molar-refractivity contribution in [1.82, 2.24) is 10.3 Å². The molecule has 1 heterocycles. The van der Waals surface area contributed by atoms with Crippen LogP contribution in [0.5, 0.6) is 0 Å². The molecule has 0 saturated carbocycles. The van der Waals surface area contributed by atoms with Gasteiger partial charge in [-0.2, -0.15) is 0 Å². The zero-order valence-corrected chi connectivity index (χ0v) is 10.4. The predicted molar refractivity (Wildman–Crippen MR) is 74.2 cm³/mol. The fraction of sp³-hybridized carbons (Fsp3) is 0.267. The van der Waals surface area contributed by atoms with Crippen LogP contribution in [0, 0.1) is 0 Å². The second kappa shape index (κ2) is 6.89. The highest BCUT2D eigenvalue weighted by atomic mass is 14.9. The lowest BCUT2D eigenvalue weighted by Gasteiger charge is -2.19. The van der Waals surface area contributed by atoms with Gasteiger partial charge < -0.3 is 11.1 Å². The van der Waals surface area contributed by atoms with Crippen LogP contribution in [0.25, 0.3) is 0 Å². The monoisotopic (exact) mass is 241 g/mol. The van der Waals surface area contributed by atoms with Crippen molar-refractivity contribution in [2.45, 2.75) is 12.5 Å². The molecule has 0 saturated heterocycles. The number of nitrogens with two attached hydrogens (primary N) is 1. The zero-order valence-electron chi connectivity index (χ0n) is 10.4. The number of nitrogens with one attached hydrogen (secondary N) is 1. The minimum absolute atomic E-state index is 0.209. The van der Waals surface area contributed by atoms with Crippen LogP contribution < -0.4 is 11.1 Å². The van der Waals surface area contributed by atoms with E-state index in [1.807, 2.05) is 30.6 Å². The van der Waals surface area contributed by atoms with Crippen LogP contribution in [-0.4, -0.2) is 18.1 Å². The summed E-state index contributed by atoms with van der Waals surface area (Å²) in [6.07, 6.45) is 4.64. The van der Waals surface area contributed by atoms with Crippen LogP contribution in [0.15, 0.2) is 54.9 Å². The van der Waals surface area contributed by atoms with Crippen molar-refractivity contribution in [3.63, 3.8) is 0 Å². The summed E-state index contributed by atoms with van der Waals surface area (Å²) in [5, 5.41) is 3.55. The molecule has 0 amide bonds. The highest BCUT2D eigenvalue weighted by Gasteiger charge is 2.12. The van der Waals surface area contributed by atoms with E-state index in [2.05, 4.69) is 34.6 Å². The van der Waals surface area contributed by atoms with Gasteiger partial charge in [0.1, 0.15) is 0 Å². The molecule has 3 N–H and O–H groups in total. The highest BCUT2D eigenvalue weighted by Crippen LogP contribution is 2.20. The first-order chi connectivity index (χ1) is 8.92. The summed E-state index contributed by atoms with van der Waals surface area (Å²) in [5.41, 5.74) is 8.04. The third kappa shape index (κ3) is 3.39. The third-order valence-corrected chi connectivity index (χ3v) is 2.90. The number of pyridine rings is 1. The second-order valence-electron chi connectivity index (χ2n) is 4.22. The number of nitrogens with zero attached hydrogens (tertiary/aromatic N) is 1. The number of benzene rings is 1. The Morgan fingerprint density at radius 2 is 1.67 bits per heavy atom. The fourth-order valence-corrected chi connectivity index (χ4v) is 1.98. The topological polar surface area (TPSA) is 50.9 Å². The highest BCUT2D eigenvalue weighted by molar-refractivity contribution is 5.30. The average molecular weight is 241 g/mol. The molecule has 1 atom stereocenters.